The van der Waals surface area contributed by atoms with Gasteiger partial charge in [-0.3, -0.25) is 14.2 Å². The molecule has 1 aliphatic heterocycles. The highest BCUT2D eigenvalue weighted by Gasteiger charge is 2.23. The average molecular weight is 391 g/mol. The Morgan fingerprint density at radius 1 is 1.48 bits per heavy atom. The molecule has 3 rings (SSSR count). The standard InChI is InChI=1S/C19H25N3O4S/c1-13(17(23)20-9-11-25-2)27-19-21-16-8-4-3-7-15(16)18(24)22(19)12-14-6-5-10-26-14/h3-4,7-8,13-14H,5-6,9-12H2,1-2H3,(H,20,23)/t13-,14-/m1/s1. The lowest BCUT2D eigenvalue weighted by molar-refractivity contribution is -0.120. The summed E-state index contributed by atoms with van der Waals surface area (Å²) in [6.45, 7) is 3.90. The number of hydrogen-bond donors (Lipinski definition) is 1. The van der Waals surface area contributed by atoms with Crippen molar-refractivity contribution in [3.63, 3.8) is 0 Å². The van der Waals surface area contributed by atoms with Gasteiger partial charge >= 0.3 is 0 Å². The lowest BCUT2D eigenvalue weighted by atomic mass is 10.2. The van der Waals surface area contributed by atoms with Gasteiger partial charge in [0.15, 0.2) is 5.16 Å². The molecule has 1 aromatic heterocycles. The quantitative estimate of drug-likeness (QED) is 0.420. The number of methoxy groups -OCH3 is 1. The molecule has 1 fully saturated rings. The van der Waals surface area contributed by atoms with E-state index in [0.29, 0.717) is 35.8 Å². The Morgan fingerprint density at radius 3 is 3.04 bits per heavy atom. The molecule has 27 heavy (non-hydrogen) atoms. The third-order valence-corrected chi connectivity index (χ3v) is 5.58. The van der Waals surface area contributed by atoms with Crippen molar-refractivity contribution in [1.29, 1.82) is 0 Å². The van der Waals surface area contributed by atoms with Gasteiger partial charge in [-0.05, 0) is 31.9 Å². The van der Waals surface area contributed by atoms with Crippen LogP contribution in [0.3, 0.4) is 0 Å². The largest absolute Gasteiger partial charge is 0.383 e. The molecule has 146 valence electrons. The van der Waals surface area contributed by atoms with Crippen LogP contribution < -0.4 is 10.9 Å². The maximum absolute atomic E-state index is 13.0. The summed E-state index contributed by atoms with van der Waals surface area (Å²) in [5.74, 6) is -0.108. The van der Waals surface area contributed by atoms with E-state index < -0.39 is 0 Å². The molecule has 2 aromatic rings. The Morgan fingerprint density at radius 2 is 2.30 bits per heavy atom. The maximum Gasteiger partial charge on any atom is 0.262 e. The zero-order valence-corrected chi connectivity index (χ0v) is 16.5. The van der Waals surface area contributed by atoms with Crippen LogP contribution in [-0.4, -0.2) is 53.7 Å². The van der Waals surface area contributed by atoms with E-state index in [1.54, 1.807) is 17.7 Å². The first-order valence-electron chi connectivity index (χ1n) is 9.14. The number of aromatic nitrogens is 2. The fourth-order valence-corrected chi connectivity index (χ4v) is 3.96. The zero-order valence-electron chi connectivity index (χ0n) is 15.6. The highest BCUT2D eigenvalue weighted by molar-refractivity contribution is 8.00. The Bertz CT molecular complexity index is 848. The number of para-hydroxylation sites is 1. The monoisotopic (exact) mass is 391 g/mol. The van der Waals surface area contributed by atoms with Gasteiger partial charge in [-0.1, -0.05) is 23.9 Å². The van der Waals surface area contributed by atoms with Crippen molar-refractivity contribution in [2.45, 2.75) is 42.8 Å². The van der Waals surface area contributed by atoms with Gasteiger partial charge in [-0.25, -0.2) is 4.98 Å². The molecule has 0 spiro atoms. The summed E-state index contributed by atoms with van der Waals surface area (Å²) in [5, 5.41) is 3.57. The topological polar surface area (TPSA) is 82.5 Å². The van der Waals surface area contributed by atoms with E-state index in [9.17, 15) is 9.59 Å². The molecule has 0 saturated carbocycles. The maximum atomic E-state index is 13.0. The first-order valence-corrected chi connectivity index (χ1v) is 10.0. The number of fused-ring (bicyclic) bond motifs is 1. The number of nitrogens with zero attached hydrogens (tertiary/aromatic N) is 2. The van der Waals surface area contributed by atoms with Crippen LogP contribution in [0.15, 0.2) is 34.2 Å². The SMILES string of the molecule is COCCNC(=O)[C@@H](C)Sc1nc2ccccc2c(=O)n1C[C@H]1CCCO1. The number of amides is 1. The molecule has 1 amide bonds. The fourth-order valence-electron chi connectivity index (χ4n) is 3.02. The summed E-state index contributed by atoms with van der Waals surface area (Å²) < 4.78 is 12.3. The number of carbonyl (C=O) groups is 1. The van der Waals surface area contributed by atoms with Crippen LogP contribution in [0.2, 0.25) is 0 Å². The molecule has 0 aliphatic carbocycles. The van der Waals surface area contributed by atoms with Crippen molar-refractivity contribution in [2.24, 2.45) is 0 Å². The van der Waals surface area contributed by atoms with Crippen molar-refractivity contribution >= 4 is 28.6 Å². The number of rotatable bonds is 8. The van der Waals surface area contributed by atoms with Gasteiger partial charge in [0.25, 0.3) is 5.56 Å². The lowest BCUT2D eigenvalue weighted by Crippen LogP contribution is -2.34. The van der Waals surface area contributed by atoms with Gasteiger partial charge in [0.1, 0.15) is 0 Å². The Hall–Kier alpha value is -1.90. The first kappa shape index (κ1) is 19.9. The smallest absolute Gasteiger partial charge is 0.262 e. The van der Waals surface area contributed by atoms with Crippen molar-refractivity contribution in [3.8, 4) is 0 Å². The summed E-state index contributed by atoms with van der Waals surface area (Å²) in [6, 6.07) is 7.29. The number of carbonyl (C=O) groups excluding carboxylic acids is 1. The molecule has 0 radical (unpaired) electrons. The molecule has 8 heteroatoms. The van der Waals surface area contributed by atoms with Gasteiger partial charge < -0.3 is 14.8 Å². The van der Waals surface area contributed by atoms with Crippen LogP contribution in [0, 0.1) is 0 Å². The summed E-state index contributed by atoms with van der Waals surface area (Å²) >= 11 is 1.29. The summed E-state index contributed by atoms with van der Waals surface area (Å²) in [6.07, 6.45) is 1.94. The molecule has 1 saturated heterocycles. The first-order chi connectivity index (χ1) is 13.1. The number of nitrogens with one attached hydrogen (secondary N) is 1. The fraction of sp³-hybridized carbons (Fsp3) is 0.526. The lowest BCUT2D eigenvalue weighted by Gasteiger charge is -2.18. The van der Waals surface area contributed by atoms with E-state index in [-0.39, 0.29) is 22.8 Å². The van der Waals surface area contributed by atoms with Crippen LogP contribution in [0.1, 0.15) is 19.8 Å². The summed E-state index contributed by atoms with van der Waals surface area (Å²) in [4.78, 5) is 30.0. The second kappa shape index (κ2) is 9.34. The normalized spacial score (nSPS) is 17.9. The minimum Gasteiger partial charge on any atom is -0.383 e. The average Bonchev–Trinajstić information content (AvgIpc) is 3.18. The minimum absolute atomic E-state index is 0.0100. The van der Waals surface area contributed by atoms with E-state index in [0.717, 1.165) is 19.4 Å². The predicted octanol–water partition coefficient (Wildman–Crippen LogP) is 1.82. The van der Waals surface area contributed by atoms with Crippen LogP contribution in [0.4, 0.5) is 0 Å². The van der Waals surface area contributed by atoms with E-state index in [4.69, 9.17) is 9.47 Å². The molecule has 1 N–H and O–H groups in total. The van der Waals surface area contributed by atoms with Crippen LogP contribution in [0.5, 0.6) is 0 Å². The van der Waals surface area contributed by atoms with Gasteiger partial charge in [0.2, 0.25) is 5.91 Å². The van der Waals surface area contributed by atoms with E-state index in [1.807, 2.05) is 25.1 Å². The van der Waals surface area contributed by atoms with Gasteiger partial charge in [0, 0.05) is 20.3 Å². The third-order valence-electron chi connectivity index (χ3n) is 4.49. The van der Waals surface area contributed by atoms with E-state index in [1.165, 1.54) is 11.8 Å². The van der Waals surface area contributed by atoms with Crippen LogP contribution >= 0.6 is 11.8 Å². The number of ether oxygens (including phenoxy) is 2. The minimum atomic E-state index is -0.384. The predicted molar refractivity (Wildman–Crippen MR) is 105 cm³/mol. The number of hydrogen-bond acceptors (Lipinski definition) is 6. The highest BCUT2D eigenvalue weighted by atomic mass is 32.2. The van der Waals surface area contributed by atoms with Crippen molar-refractivity contribution in [1.82, 2.24) is 14.9 Å². The van der Waals surface area contributed by atoms with E-state index in [2.05, 4.69) is 10.3 Å². The summed E-state index contributed by atoms with van der Waals surface area (Å²) in [5.41, 5.74) is 0.547. The number of benzene rings is 1. The van der Waals surface area contributed by atoms with Gasteiger partial charge in [-0.2, -0.15) is 0 Å². The van der Waals surface area contributed by atoms with E-state index >= 15 is 0 Å². The van der Waals surface area contributed by atoms with Crippen molar-refractivity contribution < 1.29 is 14.3 Å². The highest BCUT2D eigenvalue weighted by Crippen LogP contribution is 2.24. The van der Waals surface area contributed by atoms with Gasteiger partial charge in [-0.15, -0.1) is 0 Å². The summed E-state index contributed by atoms with van der Waals surface area (Å²) in [7, 11) is 1.59. The second-order valence-electron chi connectivity index (χ2n) is 6.51. The Labute approximate surface area is 162 Å². The molecule has 0 bridgehead atoms. The molecule has 1 aliphatic rings. The molecule has 2 atom stereocenters. The van der Waals surface area contributed by atoms with Crippen LogP contribution in [0.25, 0.3) is 10.9 Å². The molecular weight excluding hydrogens is 366 g/mol. The Balaban J connectivity index is 1.87. The molecular formula is C19H25N3O4S. The molecule has 2 heterocycles. The molecule has 7 nitrogen and oxygen atoms in total. The zero-order chi connectivity index (χ0) is 19.2. The van der Waals surface area contributed by atoms with Crippen LogP contribution in [-0.2, 0) is 20.8 Å². The van der Waals surface area contributed by atoms with Gasteiger partial charge in [0.05, 0.1) is 35.4 Å². The third kappa shape index (κ3) is 4.88. The Kier molecular flexibility index (Phi) is 6.87. The molecule has 1 aromatic carbocycles. The number of thioether (sulfide) groups is 1. The second-order valence-corrected chi connectivity index (χ2v) is 7.81. The molecule has 0 unspecified atom stereocenters. The van der Waals surface area contributed by atoms with Crippen molar-refractivity contribution in [3.05, 3.63) is 34.6 Å². The van der Waals surface area contributed by atoms with Crippen molar-refractivity contribution in [2.75, 3.05) is 26.9 Å².